The second-order valence-electron chi connectivity index (χ2n) is 9.75. The van der Waals surface area contributed by atoms with E-state index in [0.717, 1.165) is 41.1 Å². The fourth-order valence-electron chi connectivity index (χ4n) is 4.20. The summed E-state index contributed by atoms with van der Waals surface area (Å²) in [5, 5.41) is 2.87. The van der Waals surface area contributed by atoms with Crippen molar-refractivity contribution in [1.82, 2.24) is 10.2 Å². The van der Waals surface area contributed by atoms with Gasteiger partial charge in [0.25, 0.3) is 0 Å². The number of nitrogens with zero attached hydrogens (tertiary/aromatic N) is 2. The van der Waals surface area contributed by atoms with E-state index in [9.17, 15) is 26.8 Å². The Hall–Kier alpha value is -3.79. The largest absolute Gasteiger partial charge is 0.352 e. The molecule has 0 fully saturated rings. The summed E-state index contributed by atoms with van der Waals surface area (Å²) in [6, 6.07) is 18.0. The molecule has 7 nitrogen and oxygen atoms in total. The molecule has 39 heavy (non-hydrogen) atoms. The summed E-state index contributed by atoms with van der Waals surface area (Å²) in [6.45, 7) is 4.82. The highest BCUT2D eigenvalue weighted by atomic mass is 32.2. The molecule has 1 N–H and O–H groups in total. The highest BCUT2D eigenvalue weighted by Gasteiger charge is 2.33. The number of hydrogen-bond donors (Lipinski definition) is 1. The minimum absolute atomic E-state index is 0.0267. The predicted molar refractivity (Wildman–Crippen MR) is 147 cm³/mol. The van der Waals surface area contributed by atoms with E-state index in [1.54, 1.807) is 13.8 Å². The van der Waals surface area contributed by atoms with Crippen LogP contribution < -0.4 is 9.62 Å². The minimum Gasteiger partial charge on any atom is -0.352 e. The number of carbonyl (C=O) groups excluding carboxylic acids is 2. The van der Waals surface area contributed by atoms with Gasteiger partial charge in [0, 0.05) is 25.1 Å². The molecule has 0 heterocycles. The Morgan fingerprint density at radius 2 is 1.56 bits per heavy atom. The molecule has 0 aliphatic rings. The van der Waals surface area contributed by atoms with E-state index in [0.29, 0.717) is 4.31 Å². The van der Waals surface area contributed by atoms with Crippen LogP contribution in [0.1, 0.15) is 30.5 Å². The molecule has 0 bridgehead atoms. The molecular formula is C29H33F2N3O4S. The molecule has 0 spiro atoms. The van der Waals surface area contributed by atoms with Crippen molar-refractivity contribution in [3.8, 4) is 0 Å². The number of benzene rings is 3. The van der Waals surface area contributed by atoms with E-state index >= 15 is 0 Å². The number of sulfonamides is 1. The van der Waals surface area contributed by atoms with Crippen LogP contribution in [0.2, 0.25) is 0 Å². The average Bonchev–Trinajstić information content (AvgIpc) is 2.86. The van der Waals surface area contributed by atoms with Crippen molar-refractivity contribution < 1.29 is 26.8 Å². The molecule has 3 aromatic carbocycles. The lowest BCUT2D eigenvalue weighted by Crippen LogP contribution is -2.54. The van der Waals surface area contributed by atoms with Crippen molar-refractivity contribution in [2.75, 3.05) is 17.1 Å². The lowest BCUT2D eigenvalue weighted by Gasteiger charge is -2.34. The second-order valence-corrected chi connectivity index (χ2v) is 11.7. The van der Waals surface area contributed by atoms with Crippen molar-refractivity contribution >= 4 is 27.5 Å². The van der Waals surface area contributed by atoms with Gasteiger partial charge in [-0.1, -0.05) is 60.2 Å². The topological polar surface area (TPSA) is 86.8 Å². The Labute approximate surface area is 228 Å². The van der Waals surface area contributed by atoms with E-state index in [4.69, 9.17) is 0 Å². The fourth-order valence-corrected chi connectivity index (χ4v) is 5.04. The van der Waals surface area contributed by atoms with Crippen molar-refractivity contribution in [1.29, 1.82) is 0 Å². The molecule has 208 valence electrons. The van der Waals surface area contributed by atoms with Crippen LogP contribution in [-0.4, -0.2) is 50.0 Å². The van der Waals surface area contributed by atoms with Gasteiger partial charge >= 0.3 is 0 Å². The number of anilines is 1. The zero-order valence-corrected chi connectivity index (χ0v) is 23.2. The molecule has 10 heteroatoms. The third-order valence-electron chi connectivity index (χ3n) is 6.01. The van der Waals surface area contributed by atoms with E-state index in [-0.39, 0.29) is 24.7 Å². The highest BCUT2D eigenvalue weighted by molar-refractivity contribution is 7.92. The fraction of sp³-hybridized carbons (Fsp3) is 0.310. The predicted octanol–water partition coefficient (Wildman–Crippen LogP) is 4.20. The number of halogens is 2. The van der Waals surface area contributed by atoms with Crippen LogP contribution in [0.3, 0.4) is 0 Å². The molecule has 0 aliphatic carbocycles. The maximum atomic E-state index is 14.0. The van der Waals surface area contributed by atoms with Crippen LogP contribution in [0, 0.1) is 18.6 Å². The maximum absolute atomic E-state index is 14.0. The summed E-state index contributed by atoms with van der Waals surface area (Å²) >= 11 is 0. The van der Waals surface area contributed by atoms with Crippen molar-refractivity contribution in [3.63, 3.8) is 0 Å². The van der Waals surface area contributed by atoms with Gasteiger partial charge in [0.1, 0.15) is 12.6 Å². The normalized spacial score (nSPS) is 12.2. The van der Waals surface area contributed by atoms with Gasteiger partial charge in [0.2, 0.25) is 21.8 Å². The van der Waals surface area contributed by atoms with Crippen molar-refractivity contribution in [3.05, 3.63) is 101 Å². The quantitative estimate of drug-likeness (QED) is 0.383. The molecule has 1 atom stereocenters. The standard InChI is InChI=1S/C29H33F2N3O4S/c1-20(2)32-29(36)27(16-22-10-6-5-7-11-22)33(18-23-12-8-9-21(3)15-23)28(35)19-34(39(4,37)38)24-13-14-25(30)26(31)17-24/h5-15,17,20,27H,16,18-19H2,1-4H3,(H,32,36)/t27-/m0/s1. The van der Waals surface area contributed by atoms with E-state index in [1.807, 2.05) is 61.5 Å². The second kappa shape index (κ2) is 12.8. The first kappa shape index (κ1) is 29.8. The Kier molecular flexibility index (Phi) is 9.80. The Balaban J connectivity index is 2.07. The number of carbonyl (C=O) groups is 2. The smallest absolute Gasteiger partial charge is 0.244 e. The zero-order chi connectivity index (χ0) is 28.7. The van der Waals surface area contributed by atoms with E-state index in [2.05, 4.69) is 5.32 Å². The van der Waals surface area contributed by atoms with Crippen LogP contribution in [0.4, 0.5) is 14.5 Å². The zero-order valence-electron chi connectivity index (χ0n) is 22.4. The van der Waals surface area contributed by atoms with Gasteiger partial charge in [-0.2, -0.15) is 0 Å². The molecule has 0 radical (unpaired) electrons. The summed E-state index contributed by atoms with van der Waals surface area (Å²) in [4.78, 5) is 28.7. The molecule has 3 aromatic rings. The molecule has 0 saturated heterocycles. The summed E-state index contributed by atoms with van der Waals surface area (Å²) < 4.78 is 53.7. The average molecular weight is 558 g/mol. The number of hydrogen-bond acceptors (Lipinski definition) is 4. The molecule has 0 unspecified atom stereocenters. The summed E-state index contributed by atoms with van der Waals surface area (Å²) in [7, 11) is -4.08. The lowest BCUT2D eigenvalue weighted by molar-refractivity contribution is -0.140. The van der Waals surface area contributed by atoms with Crippen LogP contribution in [0.25, 0.3) is 0 Å². The number of amides is 2. The number of nitrogens with one attached hydrogen (secondary N) is 1. The Morgan fingerprint density at radius 1 is 0.897 bits per heavy atom. The summed E-state index contributed by atoms with van der Waals surface area (Å²) in [5.41, 5.74) is 2.30. The third-order valence-corrected chi connectivity index (χ3v) is 7.15. The molecule has 0 saturated carbocycles. The van der Waals surface area contributed by atoms with Gasteiger partial charge < -0.3 is 10.2 Å². The minimum atomic E-state index is -4.08. The van der Waals surface area contributed by atoms with Gasteiger partial charge in [0.05, 0.1) is 11.9 Å². The first-order chi connectivity index (χ1) is 18.3. The molecule has 0 aliphatic heterocycles. The maximum Gasteiger partial charge on any atom is 0.244 e. The molecule has 3 rings (SSSR count). The SMILES string of the molecule is Cc1cccc(CN(C(=O)CN(c2ccc(F)c(F)c2)S(C)(=O)=O)[C@@H](Cc2ccccc2)C(=O)NC(C)C)c1. The van der Waals surface area contributed by atoms with Gasteiger partial charge in [0.15, 0.2) is 11.6 Å². The van der Waals surface area contributed by atoms with Crippen LogP contribution in [0.15, 0.2) is 72.8 Å². The van der Waals surface area contributed by atoms with Crippen LogP contribution >= 0.6 is 0 Å². The first-order valence-electron chi connectivity index (χ1n) is 12.5. The van der Waals surface area contributed by atoms with Gasteiger partial charge in [-0.15, -0.1) is 0 Å². The van der Waals surface area contributed by atoms with E-state index < -0.39 is 46.1 Å². The number of aryl methyl sites for hydroxylation is 1. The van der Waals surface area contributed by atoms with Gasteiger partial charge in [-0.3, -0.25) is 13.9 Å². The third kappa shape index (κ3) is 8.35. The van der Waals surface area contributed by atoms with Crippen molar-refractivity contribution in [2.45, 2.75) is 45.8 Å². The van der Waals surface area contributed by atoms with Crippen molar-refractivity contribution in [2.24, 2.45) is 0 Å². The van der Waals surface area contributed by atoms with E-state index in [1.165, 1.54) is 4.90 Å². The van der Waals surface area contributed by atoms with Gasteiger partial charge in [-0.05, 0) is 44.0 Å². The summed E-state index contributed by atoms with van der Waals surface area (Å²) in [6.07, 6.45) is 1.06. The number of rotatable bonds is 11. The summed E-state index contributed by atoms with van der Waals surface area (Å²) in [5.74, 6) is -3.46. The monoisotopic (exact) mass is 557 g/mol. The van der Waals surface area contributed by atoms with Crippen LogP contribution in [-0.2, 0) is 32.6 Å². The molecule has 2 amide bonds. The Morgan fingerprint density at radius 3 is 2.15 bits per heavy atom. The van der Waals surface area contributed by atoms with Crippen LogP contribution in [0.5, 0.6) is 0 Å². The Bertz CT molecular complexity index is 1420. The van der Waals surface area contributed by atoms with Gasteiger partial charge in [-0.25, -0.2) is 17.2 Å². The first-order valence-corrected chi connectivity index (χ1v) is 14.3. The molecule has 0 aromatic heterocycles. The highest BCUT2D eigenvalue weighted by Crippen LogP contribution is 2.22. The lowest BCUT2D eigenvalue weighted by atomic mass is 10.0. The molecular weight excluding hydrogens is 524 g/mol.